The molecule has 1 aromatic heterocycles. The summed E-state index contributed by atoms with van der Waals surface area (Å²) in [5.74, 6) is 1.67. The Labute approximate surface area is 84.5 Å². The summed E-state index contributed by atoms with van der Waals surface area (Å²) in [7, 11) is 1.99. The first kappa shape index (κ1) is 9.65. The first-order chi connectivity index (χ1) is 6.77. The fourth-order valence-corrected chi connectivity index (χ4v) is 2.22. The van der Waals surface area contributed by atoms with Gasteiger partial charge in [0, 0.05) is 19.5 Å². The normalized spacial score (nSPS) is 27.9. The van der Waals surface area contributed by atoms with Crippen LogP contribution < -0.4 is 5.73 Å². The average Bonchev–Trinajstić information content (AvgIpc) is 2.56. The van der Waals surface area contributed by atoms with Crippen LogP contribution in [0.1, 0.15) is 31.5 Å². The van der Waals surface area contributed by atoms with Crippen molar-refractivity contribution in [3.8, 4) is 0 Å². The number of aryl methyl sites for hydroxylation is 1. The van der Waals surface area contributed by atoms with Crippen LogP contribution in [-0.2, 0) is 13.5 Å². The van der Waals surface area contributed by atoms with E-state index in [0.717, 1.165) is 12.2 Å². The molecule has 0 radical (unpaired) electrons. The van der Waals surface area contributed by atoms with E-state index in [1.807, 2.05) is 11.6 Å². The molecule has 1 fully saturated rings. The van der Waals surface area contributed by atoms with Gasteiger partial charge in [-0.25, -0.2) is 0 Å². The number of aromatic nitrogens is 3. The number of nitrogens with zero attached hydrogens (tertiary/aromatic N) is 3. The summed E-state index contributed by atoms with van der Waals surface area (Å²) in [4.78, 5) is 0. The molecule has 2 atom stereocenters. The lowest BCUT2D eigenvalue weighted by Gasteiger charge is -2.27. The van der Waals surface area contributed by atoms with Gasteiger partial charge in [-0.1, -0.05) is 12.8 Å². The smallest absolute Gasteiger partial charge is 0.132 e. The number of rotatable bonds is 2. The third-order valence-electron chi connectivity index (χ3n) is 3.22. The highest BCUT2D eigenvalue weighted by atomic mass is 15.2. The maximum atomic E-state index is 6.09. The topological polar surface area (TPSA) is 56.7 Å². The Morgan fingerprint density at radius 2 is 2.29 bits per heavy atom. The van der Waals surface area contributed by atoms with E-state index in [-0.39, 0.29) is 0 Å². The van der Waals surface area contributed by atoms with Gasteiger partial charge in [-0.15, -0.1) is 10.2 Å². The monoisotopic (exact) mass is 194 g/mol. The maximum absolute atomic E-state index is 6.09. The molecule has 0 spiro atoms. The fraction of sp³-hybridized carbons (Fsp3) is 0.800. The van der Waals surface area contributed by atoms with Crippen molar-refractivity contribution in [3.63, 3.8) is 0 Å². The third kappa shape index (κ3) is 1.95. The van der Waals surface area contributed by atoms with Crippen LogP contribution in [0.25, 0.3) is 0 Å². The molecular weight excluding hydrogens is 176 g/mol. The predicted octanol–water partition coefficient (Wildman–Crippen LogP) is 0.875. The molecule has 0 saturated heterocycles. The van der Waals surface area contributed by atoms with Crippen LogP contribution in [0.3, 0.4) is 0 Å². The molecule has 4 nitrogen and oxygen atoms in total. The third-order valence-corrected chi connectivity index (χ3v) is 3.22. The van der Waals surface area contributed by atoms with Crippen LogP contribution in [0.5, 0.6) is 0 Å². The van der Waals surface area contributed by atoms with Crippen LogP contribution in [0.15, 0.2) is 6.33 Å². The standard InChI is InChI=1S/C10H18N4/c1-14-7-12-13-10(14)6-8-4-2-3-5-9(8)11/h7-9H,2-6,11H2,1H3. The lowest BCUT2D eigenvalue weighted by atomic mass is 9.83. The zero-order valence-electron chi connectivity index (χ0n) is 8.69. The molecule has 1 aromatic rings. The van der Waals surface area contributed by atoms with Crippen molar-refractivity contribution in [2.24, 2.45) is 18.7 Å². The highest BCUT2D eigenvalue weighted by Gasteiger charge is 2.23. The summed E-state index contributed by atoms with van der Waals surface area (Å²) < 4.78 is 1.99. The minimum absolute atomic E-state index is 0.362. The van der Waals surface area contributed by atoms with Gasteiger partial charge in [0.2, 0.25) is 0 Å². The van der Waals surface area contributed by atoms with Gasteiger partial charge in [0.25, 0.3) is 0 Å². The summed E-state index contributed by atoms with van der Waals surface area (Å²) in [5, 5.41) is 7.99. The van der Waals surface area contributed by atoms with Gasteiger partial charge in [0.1, 0.15) is 12.2 Å². The van der Waals surface area contributed by atoms with Gasteiger partial charge >= 0.3 is 0 Å². The van der Waals surface area contributed by atoms with Crippen LogP contribution in [0.4, 0.5) is 0 Å². The van der Waals surface area contributed by atoms with E-state index in [0.29, 0.717) is 12.0 Å². The van der Waals surface area contributed by atoms with Gasteiger partial charge in [-0.3, -0.25) is 0 Å². The average molecular weight is 194 g/mol. The summed E-state index contributed by atoms with van der Waals surface area (Å²) in [6.07, 6.45) is 7.75. The van der Waals surface area contributed by atoms with Gasteiger partial charge in [-0.2, -0.15) is 0 Å². The molecule has 0 bridgehead atoms. The quantitative estimate of drug-likeness (QED) is 0.760. The van der Waals surface area contributed by atoms with Crippen molar-refractivity contribution < 1.29 is 0 Å². The van der Waals surface area contributed by atoms with E-state index in [2.05, 4.69) is 10.2 Å². The summed E-state index contributed by atoms with van der Waals surface area (Å²) in [6.45, 7) is 0. The molecule has 2 unspecified atom stereocenters. The van der Waals surface area contributed by atoms with E-state index in [1.165, 1.54) is 25.7 Å². The molecule has 1 saturated carbocycles. The van der Waals surface area contributed by atoms with E-state index in [1.54, 1.807) is 6.33 Å². The first-order valence-electron chi connectivity index (χ1n) is 5.36. The number of nitrogens with two attached hydrogens (primary N) is 1. The second kappa shape index (κ2) is 4.09. The molecule has 1 aliphatic rings. The van der Waals surface area contributed by atoms with E-state index >= 15 is 0 Å². The highest BCUT2D eigenvalue weighted by molar-refractivity contribution is 4.91. The van der Waals surface area contributed by atoms with Crippen LogP contribution >= 0.6 is 0 Å². The minimum Gasteiger partial charge on any atom is -0.327 e. The predicted molar refractivity (Wildman–Crippen MR) is 54.6 cm³/mol. The van der Waals surface area contributed by atoms with Gasteiger partial charge in [0.05, 0.1) is 0 Å². The molecule has 4 heteroatoms. The van der Waals surface area contributed by atoms with Crippen molar-refractivity contribution in [2.45, 2.75) is 38.1 Å². The maximum Gasteiger partial charge on any atom is 0.132 e. The number of hydrogen-bond acceptors (Lipinski definition) is 3. The second-order valence-corrected chi connectivity index (χ2v) is 4.27. The van der Waals surface area contributed by atoms with E-state index in [4.69, 9.17) is 5.73 Å². The summed E-state index contributed by atoms with van der Waals surface area (Å²) >= 11 is 0. The van der Waals surface area contributed by atoms with Crippen molar-refractivity contribution >= 4 is 0 Å². The summed E-state index contributed by atoms with van der Waals surface area (Å²) in [5.41, 5.74) is 6.09. The molecular formula is C10H18N4. The molecule has 78 valence electrons. The zero-order chi connectivity index (χ0) is 9.97. The van der Waals surface area contributed by atoms with Crippen LogP contribution in [0, 0.1) is 5.92 Å². The SMILES string of the molecule is Cn1cnnc1CC1CCCCC1N. The Hall–Kier alpha value is -0.900. The Bertz CT molecular complexity index is 294. The van der Waals surface area contributed by atoms with Crippen LogP contribution in [0.2, 0.25) is 0 Å². The van der Waals surface area contributed by atoms with Crippen molar-refractivity contribution in [1.82, 2.24) is 14.8 Å². The van der Waals surface area contributed by atoms with Gasteiger partial charge < -0.3 is 10.3 Å². The molecule has 2 N–H and O–H groups in total. The Balaban J connectivity index is 1.99. The molecule has 2 rings (SSSR count). The fourth-order valence-electron chi connectivity index (χ4n) is 2.22. The Kier molecular flexibility index (Phi) is 2.82. The highest BCUT2D eigenvalue weighted by Crippen LogP contribution is 2.25. The van der Waals surface area contributed by atoms with E-state index < -0.39 is 0 Å². The molecule has 0 aliphatic heterocycles. The van der Waals surface area contributed by atoms with Gasteiger partial charge in [-0.05, 0) is 18.8 Å². The summed E-state index contributed by atoms with van der Waals surface area (Å²) in [6, 6.07) is 0.362. The van der Waals surface area contributed by atoms with Crippen molar-refractivity contribution in [3.05, 3.63) is 12.2 Å². The van der Waals surface area contributed by atoms with Crippen LogP contribution in [-0.4, -0.2) is 20.8 Å². The Morgan fingerprint density at radius 1 is 1.50 bits per heavy atom. The van der Waals surface area contributed by atoms with E-state index in [9.17, 15) is 0 Å². The molecule has 0 aromatic carbocycles. The lowest BCUT2D eigenvalue weighted by Crippen LogP contribution is -2.34. The zero-order valence-corrected chi connectivity index (χ0v) is 8.69. The van der Waals surface area contributed by atoms with Gasteiger partial charge in [0.15, 0.2) is 0 Å². The minimum atomic E-state index is 0.362. The van der Waals surface area contributed by atoms with Crippen molar-refractivity contribution in [2.75, 3.05) is 0 Å². The molecule has 1 aliphatic carbocycles. The largest absolute Gasteiger partial charge is 0.327 e. The number of hydrogen-bond donors (Lipinski definition) is 1. The first-order valence-corrected chi connectivity index (χ1v) is 5.36. The molecule has 0 amide bonds. The lowest BCUT2D eigenvalue weighted by molar-refractivity contribution is 0.300. The Morgan fingerprint density at radius 3 is 2.93 bits per heavy atom. The van der Waals surface area contributed by atoms with Crippen molar-refractivity contribution in [1.29, 1.82) is 0 Å². The molecule has 1 heterocycles. The molecule has 14 heavy (non-hydrogen) atoms. The second-order valence-electron chi connectivity index (χ2n) is 4.27.